The quantitative estimate of drug-likeness (QED) is 0.566. The second-order valence-electron chi connectivity index (χ2n) is 5.98. The van der Waals surface area contributed by atoms with Crippen LogP contribution >= 0.6 is 7.92 Å². The van der Waals surface area contributed by atoms with Crippen molar-refractivity contribution in [2.75, 3.05) is 0 Å². The van der Waals surface area contributed by atoms with Gasteiger partial charge in [-0.3, -0.25) is 4.55 Å². The highest BCUT2D eigenvalue weighted by Crippen LogP contribution is 2.33. The Hall–Kier alpha value is -2.00. The van der Waals surface area contributed by atoms with Crippen LogP contribution in [0.5, 0.6) is 0 Å². The van der Waals surface area contributed by atoms with Gasteiger partial charge in [-0.1, -0.05) is 71.8 Å². The van der Waals surface area contributed by atoms with Crippen LogP contribution in [-0.4, -0.2) is 13.0 Å². The minimum absolute atomic E-state index is 0.0836. The molecule has 0 saturated heterocycles. The van der Waals surface area contributed by atoms with Crippen molar-refractivity contribution < 1.29 is 13.0 Å². The molecule has 0 unspecified atom stereocenters. The Morgan fingerprint density at radius 1 is 0.720 bits per heavy atom. The van der Waals surface area contributed by atoms with Gasteiger partial charge in [-0.25, -0.2) is 0 Å². The number of aryl methyl sites for hydroxylation is 2. The Kier molecular flexibility index (Phi) is 5.05. The van der Waals surface area contributed by atoms with Gasteiger partial charge in [0.25, 0.3) is 10.1 Å². The van der Waals surface area contributed by atoms with E-state index < -0.39 is 18.0 Å². The highest BCUT2D eigenvalue weighted by Gasteiger charge is 2.18. The molecule has 128 valence electrons. The fourth-order valence-corrected chi connectivity index (χ4v) is 5.71. The Balaban J connectivity index is 2.14. The van der Waals surface area contributed by atoms with E-state index in [1.165, 1.54) is 33.9 Å². The normalized spacial score (nSPS) is 11.7. The number of hydrogen-bond donors (Lipinski definition) is 1. The molecule has 0 aromatic heterocycles. The summed E-state index contributed by atoms with van der Waals surface area (Å²) in [6.45, 7) is 4.13. The third kappa shape index (κ3) is 4.16. The molecule has 0 bridgehead atoms. The van der Waals surface area contributed by atoms with Gasteiger partial charge in [-0.15, -0.1) is 0 Å². The van der Waals surface area contributed by atoms with Gasteiger partial charge in [0.2, 0.25) is 0 Å². The van der Waals surface area contributed by atoms with Crippen LogP contribution in [0.3, 0.4) is 0 Å². The lowest BCUT2D eigenvalue weighted by atomic mass is 10.2. The molecule has 0 aliphatic rings. The molecular weight excluding hydrogens is 351 g/mol. The van der Waals surface area contributed by atoms with Crippen molar-refractivity contribution in [2.24, 2.45) is 0 Å². The van der Waals surface area contributed by atoms with Gasteiger partial charge in [-0.05, 0) is 49.8 Å². The van der Waals surface area contributed by atoms with Crippen LogP contribution in [-0.2, 0) is 10.1 Å². The van der Waals surface area contributed by atoms with E-state index >= 15 is 0 Å². The predicted molar refractivity (Wildman–Crippen MR) is 104 cm³/mol. The van der Waals surface area contributed by atoms with E-state index in [4.69, 9.17) is 0 Å². The Morgan fingerprint density at radius 3 is 1.60 bits per heavy atom. The summed E-state index contributed by atoms with van der Waals surface area (Å²) in [7, 11) is -4.98. The highest BCUT2D eigenvalue weighted by molar-refractivity contribution is 7.85. The summed E-state index contributed by atoms with van der Waals surface area (Å²) in [5.41, 5.74) is 2.37. The van der Waals surface area contributed by atoms with Gasteiger partial charge in [-0.2, -0.15) is 8.42 Å². The molecule has 0 aliphatic heterocycles. The molecule has 0 saturated carbocycles. The summed E-state index contributed by atoms with van der Waals surface area (Å²) in [5.74, 6) is 0. The van der Waals surface area contributed by atoms with Crippen LogP contribution in [0.25, 0.3) is 0 Å². The van der Waals surface area contributed by atoms with Crippen LogP contribution in [0.1, 0.15) is 11.1 Å². The predicted octanol–water partition coefficient (Wildman–Crippen LogP) is 3.31. The standard InChI is InChI=1S/C20H19O3PS/c1-15-5-3-7-18(13-15)24(19-8-4-6-16(2)14-19)17-9-11-20(12-10-17)25(21,22)23/h3-14H,1-2H3,(H,21,22,23). The molecule has 3 nitrogen and oxygen atoms in total. The number of rotatable bonds is 4. The van der Waals surface area contributed by atoms with Gasteiger partial charge in [0.1, 0.15) is 0 Å². The van der Waals surface area contributed by atoms with E-state index in [1.54, 1.807) is 12.1 Å². The van der Waals surface area contributed by atoms with Gasteiger partial charge >= 0.3 is 0 Å². The topological polar surface area (TPSA) is 54.4 Å². The van der Waals surface area contributed by atoms with Crippen molar-refractivity contribution in [1.82, 2.24) is 0 Å². The lowest BCUT2D eigenvalue weighted by molar-refractivity contribution is 0.483. The molecule has 0 heterocycles. The first-order valence-corrected chi connectivity index (χ1v) is 10.6. The number of benzene rings is 3. The summed E-state index contributed by atoms with van der Waals surface area (Å²) in [4.78, 5) is -0.0836. The lowest BCUT2D eigenvalue weighted by Crippen LogP contribution is -2.21. The summed E-state index contributed by atoms with van der Waals surface area (Å²) in [6, 6.07) is 23.3. The molecular formula is C20H19O3PS. The van der Waals surface area contributed by atoms with Crippen LogP contribution < -0.4 is 15.9 Å². The first-order valence-electron chi connectivity index (χ1n) is 7.85. The lowest BCUT2D eigenvalue weighted by Gasteiger charge is -2.20. The minimum atomic E-state index is -4.18. The Bertz CT molecular complexity index is 950. The molecule has 5 heteroatoms. The van der Waals surface area contributed by atoms with Crippen molar-refractivity contribution in [1.29, 1.82) is 0 Å². The SMILES string of the molecule is Cc1cccc(P(c2ccc(S(=O)(=O)O)cc2)c2cccc(C)c2)c1. The van der Waals surface area contributed by atoms with Gasteiger partial charge in [0, 0.05) is 0 Å². The third-order valence-corrected chi connectivity index (χ3v) is 7.18. The van der Waals surface area contributed by atoms with E-state index in [-0.39, 0.29) is 4.90 Å². The van der Waals surface area contributed by atoms with Gasteiger partial charge in [0.15, 0.2) is 0 Å². The molecule has 25 heavy (non-hydrogen) atoms. The zero-order valence-corrected chi connectivity index (χ0v) is 15.8. The number of hydrogen-bond acceptors (Lipinski definition) is 2. The molecule has 3 rings (SSSR count). The first-order chi connectivity index (χ1) is 11.8. The summed E-state index contributed by atoms with van der Waals surface area (Å²) >= 11 is 0. The van der Waals surface area contributed by atoms with Crippen molar-refractivity contribution in [3.63, 3.8) is 0 Å². The highest BCUT2D eigenvalue weighted by atomic mass is 32.2. The van der Waals surface area contributed by atoms with Crippen LogP contribution in [0, 0.1) is 13.8 Å². The van der Waals surface area contributed by atoms with Crippen molar-refractivity contribution in [2.45, 2.75) is 18.7 Å². The second kappa shape index (κ2) is 7.09. The summed E-state index contributed by atoms with van der Waals surface area (Å²) in [6.07, 6.45) is 0. The van der Waals surface area contributed by atoms with Crippen molar-refractivity contribution in [3.05, 3.63) is 83.9 Å². The van der Waals surface area contributed by atoms with Crippen LogP contribution in [0.2, 0.25) is 0 Å². The zero-order chi connectivity index (χ0) is 18.0. The summed E-state index contributed by atoms with van der Waals surface area (Å²) in [5, 5.41) is 3.46. The van der Waals surface area contributed by atoms with E-state index in [1.807, 2.05) is 12.1 Å². The van der Waals surface area contributed by atoms with E-state index in [0.717, 1.165) is 5.30 Å². The van der Waals surface area contributed by atoms with Crippen molar-refractivity contribution >= 4 is 34.0 Å². The Morgan fingerprint density at radius 2 is 1.20 bits per heavy atom. The molecule has 0 fully saturated rings. The monoisotopic (exact) mass is 370 g/mol. The van der Waals surface area contributed by atoms with E-state index in [2.05, 4.69) is 50.2 Å². The molecule has 3 aromatic rings. The molecule has 0 radical (unpaired) electrons. The molecule has 0 amide bonds. The maximum Gasteiger partial charge on any atom is 0.294 e. The van der Waals surface area contributed by atoms with Gasteiger partial charge in [0.05, 0.1) is 4.90 Å². The zero-order valence-electron chi connectivity index (χ0n) is 14.0. The first kappa shape index (κ1) is 17.8. The average molecular weight is 370 g/mol. The Labute approximate surface area is 149 Å². The fraction of sp³-hybridized carbons (Fsp3) is 0.100. The summed E-state index contributed by atoms with van der Waals surface area (Å²) < 4.78 is 31.8. The fourth-order valence-electron chi connectivity index (χ4n) is 2.75. The minimum Gasteiger partial charge on any atom is -0.282 e. The molecule has 3 aromatic carbocycles. The maximum atomic E-state index is 11.3. The largest absolute Gasteiger partial charge is 0.294 e. The van der Waals surface area contributed by atoms with Gasteiger partial charge < -0.3 is 0 Å². The second-order valence-corrected chi connectivity index (χ2v) is 9.62. The molecule has 0 spiro atoms. The van der Waals surface area contributed by atoms with Crippen LogP contribution in [0.15, 0.2) is 77.7 Å². The van der Waals surface area contributed by atoms with E-state index in [9.17, 15) is 13.0 Å². The van der Waals surface area contributed by atoms with Crippen LogP contribution in [0.4, 0.5) is 0 Å². The molecule has 0 atom stereocenters. The van der Waals surface area contributed by atoms with E-state index in [0.29, 0.717) is 0 Å². The molecule has 0 aliphatic carbocycles. The smallest absolute Gasteiger partial charge is 0.282 e. The van der Waals surface area contributed by atoms with Crippen molar-refractivity contribution in [3.8, 4) is 0 Å². The molecule has 1 N–H and O–H groups in total. The maximum absolute atomic E-state index is 11.3. The third-order valence-electron chi connectivity index (χ3n) is 3.91. The average Bonchev–Trinajstić information content (AvgIpc) is 2.55.